The molecule has 0 saturated heterocycles. The van der Waals surface area contributed by atoms with Crippen LogP contribution in [0.25, 0.3) is 27.6 Å². The quantitative estimate of drug-likeness (QED) is 0.181. The number of rotatable bonds is 3. The number of benzene rings is 4. The number of hydrogen-bond donors (Lipinski definition) is 0. The normalized spacial score (nSPS) is 21.5. The maximum atomic E-state index is 9.78. The van der Waals surface area contributed by atoms with E-state index in [-0.39, 0.29) is 10.8 Å². The maximum absolute atomic E-state index is 9.78. The highest BCUT2D eigenvalue weighted by Gasteiger charge is 2.66. The Morgan fingerprint density at radius 1 is 0.768 bits per heavy atom. The van der Waals surface area contributed by atoms with Crippen LogP contribution in [0.2, 0.25) is 0 Å². The molecule has 0 amide bonds. The molecule has 6 heteroatoms. The Morgan fingerprint density at radius 2 is 1.46 bits per heavy atom. The molecule has 0 fully saturated rings. The van der Waals surface area contributed by atoms with Gasteiger partial charge in [0.2, 0.25) is 5.90 Å². The number of pyridine rings is 1. The van der Waals surface area contributed by atoms with E-state index in [0.29, 0.717) is 23.0 Å². The highest BCUT2D eigenvalue weighted by Crippen LogP contribution is 2.60. The standard InChI is InChI=1S/C50H55N3O3/c1-27-15-16-51-44-42(27)36-23-34(47(8,9)10)24-41-43(36)53(44)38-25-39(30(4)19-40(38)55-41)54-35-21-31(20-33(22-35)46(5,6)7)45-52-49(14)37-18-29(3)28(2)17-32(37)26-50(49,56-45)48(11,12)13/h15-25H,26H2,1-14H3/t49-,50-/m1/s1/i26D2. The summed E-state index contributed by atoms with van der Waals surface area (Å²) in [6, 6.07) is 21.0. The number of fused-ring (bicyclic) bond motifs is 8. The van der Waals surface area contributed by atoms with E-state index in [0.717, 1.165) is 78.1 Å². The van der Waals surface area contributed by atoms with Crippen LogP contribution < -0.4 is 9.47 Å². The summed E-state index contributed by atoms with van der Waals surface area (Å²) in [4.78, 5) is 10.4. The fourth-order valence-corrected chi connectivity index (χ4v) is 9.06. The summed E-state index contributed by atoms with van der Waals surface area (Å²) in [6.45, 7) is 29.8. The molecule has 6 aromatic rings. The first-order valence-electron chi connectivity index (χ1n) is 20.9. The van der Waals surface area contributed by atoms with Crippen molar-refractivity contribution in [2.24, 2.45) is 10.4 Å². The van der Waals surface area contributed by atoms with Gasteiger partial charge in [-0.05, 0) is 132 Å². The first-order valence-corrected chi connectivity index (χ1v) is 19.9. The molecule has 2 atom stereocenters. The van der Waals surface area contributed by atoms with Gasteiger partial charge in [-0.2, -0.15) is 0 Å². The van der Waals surface area contributed by atoms with Crippen LogP contribution in [0.1, 0.15) is 122 Å². The zero-order chi connectivity index (χ0) is 41.9. The number of aliphatic imine (C=N–C) groups is 1. The van der Waals surface area contributed by atoms with Gasteiger partial charge < -0.3 is 14.2 Å². The van der Waals surface area contributed by atoms with Crippen molar-refractivity contribution in [3.63, 3.8) is 0 Å². The van der Waals surface area contributed by atoms with Crippen molar-refractivity contribution >= 4 is 27.8 Å². The first-order chi connectivity index (χ1) is 26.9. The predicted octanol–water partition coefficient (Wildman–Crippen LogP) is 12.9. The summed E-state index contributed by atoms with van der Waals surface area (Å²) < 4.78 is 42.6. The second kappa shape index (κ2) is 11.5. The summed E-state index contributed by atoms with van der Waals surface area (Å²) >= 11 is 0. The van der Waals surface area contributed by atoms with Crippen LogP contribution in [0.15, 0.2) is 71.9 Å². The molecule has 3 aliphatic rings. The van der Waals surface area contributed by atoms with Crippen molar-refractivity contribution < 1.29 is 17.0 Å². The third kappa shape index (κ3) is 5.13. The van der Waals surface area contributed by atoms with Crippen LogP contribution in [-0.2, 0) is 27.5 Å². The van der Waals surface area contributed by atoms with Crippen LogP contribution in [-0.4, -0.2) is 21.0 Å². The molecule has 2 aromatic heterocycles. The highest BCUT2D eigenvalue weighted by molar-refractivity contribution is 6.12. The molecule has 0 spiro atoms. The van der Waals surface area contributed by atoms with Gasteiger partial charge in [-0.1, -0.05) is 74.4 Å². The Balaban J connectivity index is 1.19. The number of nitrogens with zero attached hydrogens (tertiary/aromatic N) is 3. The molecule has 0 bridgehead atoms. The molecule has 0 saturated carbocycles. The van der Waals surface area contributed by atoms with Gasteiger partial charge in [-0.15, -0.1) is 0 Å². The van der Waals surface area contributed by atoms with Crippen molar-refractivity contribution in [1.29, 1.82) is 0 Å². The zero-order valence-corrected chi connectivity index (χ0v) is 35.4. The lowest BCUT2D eigenvalue weighted by Gasteiger charge is -2.45. The van der Waals surface area contributed by atoms with Gasteiger partial charge in [-0.25, -0.2) is 9.98 Å². The van der Waals surface area contributed by atoms with Crippen LogP contribution in [0.4, 0.5) is 0 Å². The molecular weight excluding hydrogens is 691 g/mol. The maximum Gasteiger partial charge on any atom is 0.217 e. The Hall–Kier alpha value is -5.10. The fourth-order valence-electron chi connectivity index (χ4n) is 9.06. The van der Waals surface area contributed by atoms with Gasteiger partial charge in [0, 0.05) is 43.1 Å². The van der Waals surface area contributed by atoms with Gasteiger partial charge in [0.05, 0.1) is 11.2 Å². The lowest BCUT2D eigenvalue weighted by molar-refractivity contribution is -0.0673. The van der Waals surface area contributed by atoms with Gasteiger partial charge in [0.25, 0.3) is 0 Å². The molecule has 2 aliphatic heterocycles. The van der Waals surface area contributed by atoms with Crippen molar-refractivity contribution in [3.8, 4) is 28.7 Å². The molecule has 288 valence electrons. The smallest absolute Gasteiger partial charge is 0.217 e. The molecule has 9 rings (SSSR count). The Labute approximate surface area is 334 Å². The van der Waals surface area contributed by atoms with E-state index >= 15 is 0 Å². The number of aromatic nitrogens is 2. The van der Waals surface area contributed by atoms with Crippen LogP contribution >= 0.6 is 0 Å². The monoisotopic (exact) mass is 747 g/mol. The van der Waals surface area contributed by atoms with E-state index in [1.807, 2.05) is 39.1 Å². The Morgan fingerprint density at radius 3 is 2.16 bits per heavy atom. The van der Waals surface area contributed by atoms with Gasteiger partial charge >= 0.3 is 0 Å². The third-order valence-corrected chi connectivity index (χ3v) is 12.5. The molecule has 4 aromatic carbocycles. The van der Waals surface area contributed by atoms with Crippen molar-refractivity contribution in [1.82, 2.24) is 9.55 Å². The Bertz CT molecular complexity index is 2810. The molecule has 56 heavy (non-hydrogen) atoms. The Kier molecular flexibility index (Phi) is 7.01. The average molecular weight is 748 g/mol. The largest absolute Gasteiger partial charge is 0.467 e. The van der Waals surface area contributed by atoms with Gasteiger partial charge in [0.15, 0.2) is 11.5 Å². The highest BCUT2D eigenvalue weighted by atomic mass is 16.5. The number of aryl methyl sites for hydroxylation is 4. The first kappa shape index (κ1) is 34.2. The SMILES string of the molecule is [2H]C1([2H])c2cc(C)c(C)cc2[C@@]2(C)N=C(c3cc(Oc4cc5c(cc4C)Oc4cc(C(C)(C)C)cc6c7c(C)ccnc7n-5c46)cc(C(C)(C)C)c3)O[C@@]12C(C)(C)C. The van der Waals surface area contributed by atoms with Crippen LogP contribution in [0, 0.1) is 33.1 Å². The lowest BCUT2D eigenvalue weighted by Crippen LogP contribution is -2.54. The molecule has 0 N–H and O–H groups in total. The summed E-state index contributed by atoms with van der Waals surface area (Å²) in [5, 5.41) is 2.24. The van der Waals surface area contributed by atoms with E-state index in [2.05, 4.69) is 129 Å². The van der Waals surface area contributed by atoms with Crippen LogP contribution in [0.3, 0.4) is 0 Å². The predicted molar refractivity (Wildman–Crippen MR) is 229 cm³/mol. The summed E-state index contributed by atoms with van der Waals surface area (Å²) in [5.41, 5.74) is 8.33. The topological polar surface area (TPSA) is 57.9 Å². The minimum atomic E-state index is -1.82. The van der Waals surface area contributed by atoms with Gasteiger partial charge in [-0.3, -0.25) is 4.57 Å². The molecular formula is C50H55N3O3. The number of hydrogen-bond acceptors (Lipinski definition) is 5. The summed E-state index contributed by atoms with van der Waals surface area (Å²) in [6.07, 6.45) is 0.0554. The second-order valence-corrected chi connectivity index (χ2v) is 19.7. The van der Waals surface area contributed by atoms with Crippen molar-refractivity contribution in [2.75, 3.05) is 0 Å². The van der Waals surface area contributed by atoms with E-state index in [1.54, 1.807) is 0 Å². The zero-order valence-electron chi connectivity index (χ0n) is 37.4. The second-order valence-electron chi connectivity index (χ2n) is 19.7. The fraction of sp³-hybridized carbons (Fsp3) is 0.400. The molecule has 0 unspecified atom stereocenters. The lowest BCUT2D eigenvalue weighted by atomic mass is 9.66. The summed E-state index contributed by atoms with van der Waals surface area (Å²) in [5.74, 6) is 3.32. The van der Waals surface area contributed by atoms with Crippen molar-refractivity contribution in [2.45, 2.75) is 125 Å². The number of ether oxygens (including phenoxy) is 3. The molecule has 6 nitrogen and oxygen atoms in total. The summed E-state index contributed by atoms with van der Waals surface area (Å²) in [7, 11) is 0. The van der Waals surface area contributed by atoms with Crippen LogP contribution in [0.5, 0.6) is 23.0 Å². The van der Waals surface area contributed by atoms with E-state index in [1.165, 1.54) is 5.56 Å². The van der Waals surface area contributed by atoms with E-state index in [9.17, 15) is 2.74 Å². The average Bonchev–Trinajstić information content (AvgIpc) is 3.68. The minimum Gasteiger partial charge on any atom is -0.467 e. The van der Waals surface area contributed by atoms with Crippen molar-refractivity contribution in [3.05, 3.63) is 117 Å². The minimum absolute atomic E-state index is 0.0694. The van der Waals surface area contributed by atoms with Gasteiger partial charge in [0.1, 0.15) is 28.3 Å². The third-order valence-electron chi connectivity index (χ3n) is 12.5. The van der Waals surface area contributed by atoms with E-state index in [4.69, 9.17) is 24.2 Å². The molecule has 0 radical (unpaired) electrons. The molecule has 4 heterocycles. The molecule has 1 aliphatic carbocycles. The van der Waals surface area contributed by atoms with E-state index < -0.39 is 22.9 Å².